The monoisotopic (exact) mass is 533 g/mol. The molecule has 1 aliphatic heterocycles. The molecule has 2 aliphatic rings. The smallest absolute Gasteiger partial charge is 0.271 e. The first-order valence-corrected chi connectivity index (χ1v) is 13.8. The van der Waals surface area contributed by atoms with E-state index in [1.165, 1.54) is 28.0 Å². The van der Waals surface area contributed by atoms with E-state index in [1.54, 1.807) is 42.5 Å². The molecule has 2 aromatic carbocycles. The van der Waals surface area contributed by atoms with Gasteiger partial charge in [0.25, 0.3) is 21.8 Å². The number of nitrogens with zero attached hydrogens (tertiary/aromatic N) is 3. The van der Waals surface area contributed by atoms with Gasteiger partial charge in [-0.3, -0.25) is 14.3 Å². The molecule has 2 aromatic heterocycles. The minimum atomic E-state index is -3.76. The zero-order valence-electron chi connectivity index (χ0n) is 20.9. The molecule has 4 aromatic rings. The van der Waals surface area contributed by atoms with Gasteiger partial charge in [0.1, 0.15) is 5.69 Å². The van der Waals surface area contributed by atoms with E-state index in [2.05, 4.69) is 15.7 Å². The lowest BCUT2D eigenvalue weighted by atomic mass is 10.1. The summed E-state index contributed by atoms with van der Waals surface area (Å²) in [5.74, 6) is 0.0135. The van der Waals surface area contributed by atoms with Crippen LogP contribution in [0.25, 0.3) is 10.9 Å². The molecule has 1 aliphatic carbocycles. The Balaban J connectivity index is 1.28. The van der Waals surface area contributed by atoms with E-state index in [0.717, 1.165) is 16.5 Å². The normalized spacial score (nSPS) is 20.3. The van der Waals surface area contributed by atoms with Crippen molar-refractivity contribution in [1.82, 2.24) is 24.4 Å². The van der Waals surface area contributed by atoms with Gasteiger partial charge in [0.2, 0.25) is 0 Å². The molecule has 1 unspecified atom stereocenters. The van der Waals surface area contributed by atoms with E-state index < -0.39 is 10.0 Å². The minimum absolute atomic E-state index is 0.0784. The van der Waals surface area contributed by atoms with Crippen LogP contribution in [0, 0.1) is 18.8 Å². The van der Waals surface area contributed by atoms with Crippen LogP contribution in [0.5, 0.6) is 0 Å². The van der Waals surface area contributed by atoms with E-state index in [-0.39, 0.29) is 40.7 Å². The first kappa shape index (κ1) is 24.4. The van der Waals surface area contributed by atoms with Gasteiger partial charge in [-0.2, -0.15) is 5.10 Å². The van der Waals surface area contributed by atoms with Gasteiger partial charge >= 0.3 is 0 Å². The molecule has 0 spiro atoms. The molecule has 2 N–H and O–H groups in total. The van der Waals surface area contributed by atoms with Crippen molar-refractivity contribution in [3.8, 4) is 0 Å². The molecule has 0 bridgehead atoms. The van der Waals surface area contributed by atoms with Crippen LogP contribution in [0.15, 0.2) is 65.7 Å². The zero-order chi connectivity index (χ0) is 26.6. The number of amides is 2. The summed E-state index contributed by atoms with van der Waals surface area (Å²) in [4.78, 5) is 25.6. The number of benzene rings is 2. The van der Waals surface area contributed by atoms with Gasteiger partial charge < -0.3 is 15.4 Å². The second-order valence-corrected chi connectivity index (χ2v) is 11.7. The molecule has 11 heteroatoms. The fourth-order valence-corrected chi connectivity index (χ4v) is 6.46. The fraction of sp³-hybridized carbons (Fsp3) is 0.296. The number of carbonyl (C=O) groups is 2. The van der Waals surface area contributed by atoms with Crippen LogP contribution < -0.4 is 10.6 Å². The van der Waals surface area contributed by atoms with Gasteiger partial charge in [-0.25, -0.2) is 12.4 Å². The molecular weight excluding hydrogens is 506 g/mol. The number of nitrogens with one attached hydrogen (secondary N) is 2. The Hall–Kier alpha value is -3.96. The average molecular weight is 534 g/mol. The maximum Gasteiger partial charge on any atom is 0.271 e. The molecule has 2 amide bonds. The van der Waals surface area contributed by atoms with Crippen molar-refractivity contribution in [2.24, 2.45) is 11.8 Å². The van der Waals surface area contributed by atoms with Crippen molar-refractivity contribution >= 4 is 32.7 Å². The van der Waals surface area contributed by atoms with E-state index >= 15 is 0 Å². The van der Waals surface area contributed by atoms with Crippen molar-refractivity contribution < 1.29 is 22.7 Å². The van der Waals surface area contributed by atoms with E-state index in [1.807, 2.05) is 13.0 Å². The number of hydrogen-bond donors (Lipinski definition) is 2. The summed E-state index contributed by atoms with van der Waals surface area (Å²) in [6.07, 6.45) is 1.54. The average Bonchev–Trinajstić information content (AvgIpc) is 3.38. The minimum Gasteiger partial charge on any atom is -0.381 e. The molecule has 2 fully saturated rings. The number of aryl methyl sites for hydroxylation is 1. The van der Waals surface area contributed by atoms with Crippen molar-refractivity contribution in [3.63, 3.8) is 0 Å². The zero-order valence-corrected chi connectivity index (χ0v) is 21.7. The van der Waals surface area contributed by atoms with Gasteiger partial charge in [0.15, 0.2) is 5.69 Å². The van der Waals surface area contributed by atoms with Crippen LogP contribution in [-0.2, 0) is 21.3 Å². The molecule has 0 radical (unpaired) electrons. The number of fused-ring (bicyclic) bond motifs is 2. The van der Waals surface area contributed by atoms with Crippen LogP contribution in [0.1, 0.15) is 32.1 Å². The van der Waals surface area contributed by atoms with Gasteiger partial charge in [-0.1, -0.05) is 23.8 Å². The highest BCUT2D eigenvalue weighted by Crippen LogP contribution is 2.44. The van der Waals surface area contributed by atoms with Gasteiger partial charge in [0, 0.05) is 42.6 Å². The third-order valence-electron chi connectivity index (χ3n) is 7.35. The standard InChI is InChI=1S/C27H27N5O5S/c1-16-3-6-19(7-4-16)38(35,36)32-10-9-18-11-17(5-8-23(18)32)13-31-24(12-22(30-31)26(33)28-2)27(34)29-25-20-14-37-15-21(20)25/h3-12,20-21,25H,13-15H2,1-2H3,(H,28,33)(H,29,34)/t20-,21+,25?. The lowest BCUT2D eigenvalue weighted by Crippen LogP contribution is -2.31. The topological polar surface area (TPSA) is 124 Å². The lowest BCUT2D eigenvalue weighted by Gasteiger charge is -2.11. The van der Waals surface area contributed by atoms with Crippen molar-refractivity contribution in [1.29, 1.82) is 0 Å². The Morgan fingerprint density at radius 1 is 1.03 bits per heavy atom. The highest BCUT2D eigenvalue weighted by Gasteiger charge is 2.55. The molecule has 1 saturated heterocycles. The third-order valence-corrected chi connectivity index (χ3v) is 9.06. The van der Waals surface area contributed by atoms with Crippen molar-refractivity contribution in [2.45, 2.75) is 24.4 Å². The van der Waals surface area contributed by atoms with Crippen LogP contribution in [0.2, 0.25) is 0 Å². The van der Waals surface area contributed by atoms with Gasteiger partial charge in [-0.15, -0.1) is 0 Å². The number of ether oxygens (including phenoxy) is 1. The molecule has 38 heavy (non-hydrogen) atoms. The first-order chi connectivity index (χ1) is 18.3. The SMILES string of the molecule is CNC(=O)c1cc(C(=O)NC2[C@H]3COC[C@@H]23)n(Cc2ccc3c(ccn3S(=O)(=O)c3ccc(C)cc3)c2)n1. The largest absolute Gasteiger partial charge is 0.381 e. The molecular formula is C27H27N5O5S. The second-order valence-electron chi connectivity index (χ2n) is 9.84. The number of aromatic nitrogens is 3. The Morgan fingerprint density at radius 2 is 1.76 bits per heavy atom. The van der Waals surface area contributed by atoms with Crippen LogP contribution >= 0.6 is 0 Å². The van der Waals surface area contributed by atoms with E-state index in [4.69, 9.17) is 4.74 Å². The fourth-order valence-electron chi connectivity index (χ4n) is 5.11. The Labute approximate surface area is 219 Å². The summed E-state index contributed by atoms with van der Waals surface area (Å²) in [5, 5.41) is 10.7. The summed E-state index contributed by atoms with van der Waals surface area (Å²) in [7, 11) is -2.25. The van der Waals surface area contributed by atoms with Gasteiger partial charge in [0.05, 0.1) is 30.2 Å². The molecule has 1 saturated carbocycles. The number of rotatable bonds is 7. The maximum absolute atomic E-state index is 13.2. The highest BCUT2D eigenvalue weighted by atomic mass is 32.2. The Bertz CT molecular complexity index is 1660. The van der Waals surface area contributed by atoms with Crippen molar-refractivity contribution in [3.05, 3.63) is 83.3 Å². The Morgan fingerprint density at radius 3 is 2.47 bits per heavy atom. The Kier molecular flexibility index (Phi) is 5.84. The maximum atomic E-state index is 13.2. The first-order valence-electron chi connectivity index (χ1n) is 12.4. The van der Waals surface area contributed by atoms with Crippen LogP contribution in [0.4, 0.5) is 0 Å². The second kappa shape index (κ2) is 9.10. The van der Waals surface area contributed by atoms with Crippen LogP contribution in [0.3, 0.4) is 0 Å². The summed E-state index contributed by atoms with van der Waals surface area (Å²) in [5.41, 5.74) is 2.76. The quantitative estimate of drug-likeness (QED) is 0.375. The number of hydrogen-bond acceptors (Lipinski definition) is 6. The van der Waals surface area contributed by atoms with Crippen molar-refractivity contribution in [2.75, 3.05) is 20.3 Å². The summed E-state index contributed by atoms with van der Waals surface area (Å²) in [6.45, 7) is 3.43. The van der Waals surface area contributed by atoms with E-state index in [9.17, 15) is 18.0 Å². The summed E-state index contributed by atoms with van der Waals surface area (Å²) in [6, 6.07) is 15.5. The molecule has 3 heterocycles. The predicted octanol–water partition coefficient (Wildman–Crippen LogP) is 2.17. The summed E-state index contributed by atoms with van der Waals surface area (Å²) < 4.78 is 34.6. The predicted molar refractivity (Wildman–Crippen MR) is 139 cm³/mol. The molecule has 196 valence electrons. The van der Waals surface area contributed by atoms with Gasteiger partial charge in [-0.05, 0) is 42.8 Å². The molecule has 10 nitrogen and oxygen atoms in total. The third kappa shape index (κ3) is 4.17. The number of carbonyl (C=O) groups excluding carboxylic acids is 2. The summed E-state index contributed by atoms with van der Waals surface area (Å²) >= 11 is 0. The molecule has 3 atom stereocenters. The highest BCUT2D eigenvalue weighted by molar-refractivity contribution is 7.90. The van der Waals surface area contributed by atoms with Crippen LogP contribution in [-0.4, -0.2) is 60.3 Å². The van der Waals surface area contributed by atoms with E-state index in [0.29, 0.717) is 30.6 Å². The lowest BCUT2D eigenvalue weighted by molar-refractivity contribution is 0.0917. The molecule has 6 rings (SSSR count).